The van der Waals surface area contributed by atoms with E-state index in [1.807, 2.05) is 24.3 Å². The van der Waals surface area contributed by atoms with E-state index in [4.69, 9.17) is 11.6 Å². The van der Waals surface area contributed by atoms with E-state index in [0.717, 1.165) is 30.8 Å². The van der Waals surface area contributed by atoms with Crippen LogP contribution in [0.4, 0.5) is 0 Å². The van der Waals surface area contributed by atoms with E-state index in [-0.39, 0.29) is 5.75 Å². The lowest BCUT2D eigenvalue weighted by atomic mass is 10.2. The number of likely N-dealkylation sites (N-methyl/N-ethyl adjacent to an activating group) is 1. The molecule has 0 saturated carbocycles. The van der Waals surface area contributed by atoms with Crippen molar-refractivity contribution in [2.45, 2.75) is 24.5 Å². The second kappa shape index (κ2) is 7.58. The molecule has 1 aliphatic heterocycles. The van der Waals surface area contributed by atoms with Crippen molar-refractivity contribution in [2.24, 2.45) is 0 Å². The van der Waals surface area contributed by atoms with Gasteiger partial charge in [0.1, 0.15) is 0 Å². The Morgan fingerprint density at radius 1 is 1.24 bits per heavy atom. The van der Waals surface area contributed by atoms with Crippen molar-refractivity contribution in [3.8, 4) is 0 Å². The molecular formula is C15H23ClN2O2S. The van der Waals surface area contributed by atoms with E-state index in [0.29, 0.717) is 12.4 Å². The Morgan fingerprint density at radius 2 is 1.90 bits per heavy atom. The van der Waals surface area contributed by atoms with Gasteiger partial charge in [0.15, 0.2) is 0 Å². The Labute approximate surface area is 132 Å². The summed E-state index contributed by atoms with van der Waals surface area (Å²) in [6.07, 6.45) is 2.45. The van der Waals surface area contributed by atoms with Crippen LogP contribution >= 0.6 is 11.6 Å². The van der Waals surface area contributed by atoms with Gasteiger partial charge in [0.25, 0.3) is 0 Å². The van der Waals surface area contributed by atoms with Crippen LogP contribution in [-0.2, 0) is 21.7 Å². The monoisotopic (exact) mass is 330 g/mol. The molecule has 1 saturated heterocycles. The Hall–Kier alpha value is -0.620. The fraction of sp³-hybridized carbons (Fsp3) is 0.600. The summed E-state index contributed by atoms with van der Waals surface area (Å²) in [5.74, 6) is 0.437. The number of alkyl halides is 1. The van der Waals surface area contributed by atoms with Gasteiger partial charge in [0.2, 0.25) is 10.0 Å². The molecule has 0 bridgehead atoms. The van der Waals surface area contributed by atoms with Crippen molar-refractivity contribution in [3.63, 3.8) is 0 Å². The molecule has 1 aromatic rings. The third-order valence-corrected chi connectivity index (χ3v) is 6.04. The van der Waals surface area contributed by atoms with E-state index in [2.05, 4.69) is 4.90 Å². The summed E-state index contributed by atoms with van der Waals surface area (Å²) in [5, 5.41) is 0. The van der Waals surface area contributed by atoms with Crippen molar-refractivity contribution in [2.75, 3.05) is 33.2 Å². The van der Waals surface area contributed by atoms with Crippen LogP contribution in [0.3, 0.4) is 0 Å². The van der Waals surface area contributed by atoms with E-state index in [9.17, 15) is 8.42 Å². The molecular weight excluding hydrogens is 308 g/mol. The maximum absolute atomic E-state index is 12.4. The summed E-state index contributed by atoms with van der Waals surface area (Å²) >= 11 is 5.79. The predicted molar refractivity (Wildman–Crippen MR) is 86.9 cm³/mol. The van der Waals surface area contributed by atoms with Crippen LogP contribution in [0.2, 0.25) is 0 Å². The number of hydrogen-bond donors (Lipinski definition) is 0. The minimum Gasteiger partial charge on any atom is -0.302 e. The number of likely N-dealkylation sites (tertiary alicyclic amines) is 1. The summed E-state index contributed by atoms with van der Waals surface area (Å²) in [6.45, 7) is 3.55. The SMILES string of the molecule is CN(CCN1CCCC1)S(=O)(=O)Cc1cccc(CCl)c1. The third-order valence-electron chi connectivity index (χ3n) is 3.90. The highest BCUT2D eigenvalue weighted by molar-refractivity contribution is 7.88. The number of benzene rings is 1. The molecule has 118 valence electrons. The number of sulfonamides is 1. The summed E-state index contributed by atoms with van der Waals surface area (Å²) < 4.78 is 26.2. The highest BCUT2D eigenvalue weighted by Crippen LogP contribution is 2.14. The number of halogens is 1. The fourth-order valence-corrected chi connectivity index (χ4v) is 3.90. The van der Waals surface area contributed by atoms with E-state index in [1.54, 1.807) is 7.05 Å². The van der Waals surface area contributed by atoms with Gasteiger partial charge in [0, 0.05) is 26.0 Å². The predicted octanol–water partition coefficient (Wildman–Crippen LogP) is 2.28. The average Bonchev–Trinajstić information content (AvgIpc) is 2.97. The topological polar surface area (TPSA) is 40.6 Å². The lowest BCUT2D eigenvalue weighted by Gasteiger charge is -2.21. The Bertz CT molecular complexity index is 557. The van der Waals surface area contributed by atoms with Crippen molar-refractivity contribution in [1.82, 2.24) is 9.21 Å². The Kier molecular flexibility index (Phi) is 6.05. The number of rotatable bonds is 7. The van der Waals surface area contributed by atoms with Crippen molar-refractivity contribution < 1.29 is 8.42 Å². The second-order valence-corrected chi connectivity index (χ2v) is 7.92. The van der Waals surface area contributed by atoms with Crippen LogP contribution in [-0.4, -0.2) is 50.8 Å². The normalized spacial score (nSPS) is 16.7. The minimum atomic E-state index is -3.27. The molecule has 1 heterocycles. The largest absolute Gasteiger partial charge is 0.302 e. The fourth-order valence-electron chi connectivity index (χ4n) is 2.55. The molecule has 0 N–H and O–H groups in total. The summed E-state index contributed by atoms with van der Waals surface area (Å²) in [7, 11) is -1.60. The lowest BCUT2D eigenvalue weighted by molar-refractivity contribution is 0.310. The lowest BCUT2D eigenvalue weighted by Crippen LogP contribution is -2.35. The Balaban J connectivity index is 1.92. The average molecular weight is 331 g/mol. The summed E-state index contributed by atoms with van der Waals surface area (Å²) in [4.78, 5) is 2.32. The van der Waals surface area contributed by atoms with Crippen LogP contribution in [0.5, 0.6) is 0 Å². The highest BCUT2D eigenvalue weighted by Gasteiger charge is 2.20. The molecule has 2 rings (SSSR count). The van der Waals surface area contributed by atoms with E-state index in [1.165, 1.54) is 17.1 Å². The Morgan fingerprint density at radius 3 is 2.57 bits per heavy atom. The quantitative estimate of drug-likeness (QED) is 0.720. The molecule has 0 spiro atoms. The molecule has 1 aromatic carbocycles. The van der Waals surface area contributed by atoms with Gasteiger partial charge in [0.05, 0.1) is 5.75 Å². The maximum atomic E-state index is 12.4. The number of nitrogens with zero attached hydrogens (tertiary/aromatic N) is 2. The van der Waals surface area contributed by atoms with Crippen LogP contribution in [0, 0.1) is 0 Å². The van der Waals surface area contributed by atoms with Crippen LogP contribution < -0.4 is 0 Å². The molecule has 1 fully saturated rings. The van der Waals surface area contributed by atoms with Crippen molar-refractivity contribution >= 4 is 21.6 Å². The standard InChI is InChI=1S/C15H23ClN2O2S/c1-17(9-10-18-7-2-3-8-18)21(19,20)13-15-6-4-5-14(11-15)12-16/h4-6,11H,2-3,7-10,12-13H2,1H3. The van der Waals surface area contributed by atoms with Gasteiger partial charge < -0.3 is 4.90 Å². The molecule has 6 heteroatoms. The summed E-state index contributed by atoms with van der Waals surface area (Å²) in [5.41, 5.74) is 1.74. The second-order valence-electron chi connectivity index (χ2n) is 5.58. The molecule has 0 aromatic heterocycles. The molecule has 0 atom stereocenters. The zero-order valence-electron chi connectivity index (χ0n) is 12.5. The van der Waals surface area contributed by atoms with Gasteiger partial charge in [-0.25, -0.2) is 12.7 Å². The zero-order valence-corrected chi connectivity index (χ0v) is 14.0. The molecule has 0 radical (unpaired) electrons. The van der Waals surface area contributed by atoms with Crippen LogP contribution in [0.1, 0.15) is 24.0 Å². The van der Waals surface area contributed by atoms with Gasteiger partial charge in [-0.1, -0.05) is 24.3 Å². The smallest absolute Gasteiger partial charge is 0.218 e. The van der Waals surface area contributed by atoms with Gasteiger partial charge in [-0.05, 0) is 37.1 Å². The van der Waals surface area contributed by atoms with Gasteiger partial charge in [-0.2, -0.15) is 0 Å². The number of hydrogen-bond acceptors (Lipinski definition) is 3. The highest BCUT2D eigenvalue weighted by atomic mass is 35.5. The van der Waals surface area contributed by atoms with E-state index < -0.39 is 10.0 Å². The van der Waals surface area contributed by atoms with E-state index >= 15 is 0 Å². The summed E-state index contributed by atoms with van der Waals surface area (Å²) in [6, 6.07) is 7.45. The molecule has 0 amide bonds. The van der Waals surface area contributed by atoms with Crippen molar-refractivity contribution in [3.05, 3.63) is 35.4 Å². The molecule has 0 aliphatic carbocycles. The molecule has 0 unspecified atom stereocenters. The van der Waals surface area contributed by atoms with Crippen molar-refractivity contribution in [1.29, 1.82) is 0 Å². The molecule has 4 nitrogen and oxygen atoms in total. The first-order valence-electron chi connectivity index (χ1n) is 7.31. The minimum absolute atomic E-state index is 0.0359. The third kappa shape index (κ3) is 4.95. The van der Waals surface area contributed by atoms with Gasteiger partial charge >= 0.3 is 0 Å². The molecule has 21 heavy (non-hydrogen) atoms. The molecule has 1 aliphatic rings. The first kappa shape index (κ1) is 16.7. The van der Waals surface area contributed by atoms with Crippen LogP contribution in [0.15, 0.2) is 24.3 Å². The zero-order chi connectivity index (χ0) is 15.3. The van der Waals surface area contributed by atoms with Gasteiger partial charge in [-0.3, -0.25) is 0 Å². The van der Waals surface area contributed by atoms with Gasteiger partial charge in [-0.15, -0.1) is 11.6 Å². The van der Waals surface area contributed by atoms with Crippen LogP contribution in [0.25, 0.3) is 0 Å². The first-order valence-corrected chi connectivity index (χ1v) is 9.46. The first-order chi connectivity index (χ1) is 10.0. The maximum Gasteiger partial charge on any atom is 0.218 e.